The Balaban J connectivity index is 0.000000561. The quantitative estimate of drug-likeness (QED) is 0.418. The molecule has 1 aliphatic carbocycles. The standard InChI is InChI=1S/C12H18N2O2.C4H4N2O2/c1-11(2)4-10(14-9-16)5-12(3,6-11)7-13-8-15;7-3-5-1-2-6-4-8/h10H,4-7H2,1-3H3;1-2H2. The molecule has 1 saturated carbocycles. The van der Waals surface area contributed by atoms with Crippen LogP contribution in [0.15, 0.2) is 20.0 Å². The van der Waals surface area contributed by atoms with E-state index in [1.54, 1.807) is 12.2 Å². The Morgan fingerprint density at radius 1 is 0.833 bits per heavy atom. The van der Waals surface area contributed by atoms with Crippen molar-refractivity contribution in [3.8, 4) is 0 Å². The van der Waals surface area contributed by atoms with Crippen molar-refractivity contribution in [1.29, 1.82) is 0 Å². The number of hydrogen-bond donors (Lipinski definition) is 0. The first-order valence-corrected chi connectivity index (χ1v) is 7.50. The third kappa shape index (κ3) is 9.52. The fourth-order valence-corrected chi connectivity index (χ4v) is 3.28. The van der Waals surface area contributed by atoms with Crippen LogP contribution in [-0.2, 0) is 19.2 Å². The first-order valence-electron chi connectivity index (χ1n) is 7.50. The van der Waals surface area contributed by atoms with Crippen LogP contribution in [-0.4, -0.2) is 50.0 Å². The summed E-state index contributed by atoms with van der Waals surface area (Å²) in [5.74, 6) is 0. The molecule has 0 aliphatic heterocycles. The lowest BCUT2D eigenvalue weighted by molar-refractivity contribution is 0.0915. The maximum atomic E-state index is 10.3. The summed E-state index contributed by atoms with van der Waals surface area (Å²) in [6.45, 7) is 7.30. The predicted molar refractivity (Wildman–Crippen MR) is 86.6 cm³/mol. The molecule has 130 valence electrons. The van der Waals surface area contributed by atoms with Crippen LogP contribution in [0.3, 0.4) is 0 Å². The largest absolute Gasteiger partial charge is 0.235 e. The minimum atomic E-state index is -0.0653. The Morgan fingerprint density at radius 3 is 1.83 bits per heavy atom. The normalized spacial score (nSPS) is 23.7. The number of nitrogens with zero attached hydrogens (tertiary/aromatic N) is 4. The molecular formula is C16H22N4O4. The summed E-state index contributed by atoms with van der Waals surface area (Å²) < 4.78 is 0. The Labute approximate surface area is 140 Å². The number of isocyanates is 4. The molecule has 8 nitrogen and oxygen atoms in total. The van der Waals surface area contributed by atoms with E-state index in [1.807, 2.05) is 0 Å². The highest BCUT2D eigenvalue weighted by molar-refractivity contribution is 5.34. The van der Waals surface area contributed by atoms with Gasteiger partial charge in [-0.05, 0) is 30.1 Å². The molecule has 0 radical (unpaired) electrons. The molecule has 0 amide bonds. The molecule has 0 aromatic rings. The van der Waals surface area contributed by atoms with Gasteiger partial charge >= 0.3 is 0 Å². The van der Waals surface area contributed by atoms with Gasteiger partial charge in [-0.1, -0.05) is 20.8 Å². The van der Waals surface area contributed by atoms with Gasteiger partial charge in [-0.2, -0.15) is 0 Å². The molecule has 24 heavy (non-hydrogen) atoms. The van der Waals surface area contributed by atoms with E-state index < -0.39 is 0 Å². The zero-order valence-electron chi connectivity index (χ0n) is 14.2. The van der Waals surface area contributed by atoms with Crippen LogP contribution in [0, 0.1) is 10.8 Å². The molecule has 0 bridgehead atoms. The topological polar surface area (TPSA) is 118 Å². The van der Waals surface area contributed by atoms with Crippen molar-refractivity contribution >= 4 is 24.3 Å². The summed E-state index contributed by atoms with van der Waals surface area (Å²) in [7, 11) is 0. The van der Waals surface area contributed by atoms with Crippen molar-refractivity contribution in [1.82, 2.24) is 0 Å². The maximum Gasteiger partial charge on any atom is 0.235 e. The SMILES string of the molecule is CC1(C)CC(N=C=O)CC(C)(CN=C=O)C1.O=C=NCCN=C=O. The lowest BCUT2D eigenvalue weighted by Gasteiger charge is -2.44. The summed E-state index contributed by atoms with van der Waals surface area (Å²) in [6.07, 6.45) is 8.50. The van der Waals surface area contributed by atoms with Gasteiger partial charge in [0.05, 0.1) is 25.7 Å². The second-order valence-corrected chi connectivity index (χ2v) is 6.79. The number of hydrogen-bond acceptors (Lipinski definition) is 8. The summed E-state index contributed by atoms with van der Waals surface area (Å²) >= 11 is 0. The van der Waals surface area contributed by atoms with Crippen LogP contribution < -0.4 is 0 Å². The van der Waals surface area contributed by atoms with Gasteiger partial charge in [0.25, 0.3) is 0 Å². The molecule has 1 aliphatic rings. The molecule has 8 heteroatoms. The average Bonchev–Trinajstić information content (AvgIpc) is 2.49. The fourth-order valence-electron chi connectivity index (χ4n) is 3.28. The molecule has 0 spiro atoms. The van der Waals surface area contributed by atoms with Gasteiger partial charge in [0.1, 0.15) is 0 Å². The van der Waals surface area contributed by atoms with E-state index in [2.05, 4.69) is 40.7 Å². The molecule has 0 aromatic heterocycles. The van der Waals surface area contributed by atoms with Gasteiger partial charge in [-0.25, -0.2) is 39.1 Å². The van der Waals surface area contributed by atoms with Gasteiger partial charge in [-0.15, -0.1) is 0 Å². The fraction of sp³-hybridized carbons (Fsp3) is 0.750. The van der Waals surface area contributed by atoms with Gasteiger partial charge in [0, 0.05) is 0 Å². The van der Waals surface area contributed by atoms with Gasteiger partial charge in [0.15, 0.2) is 0 Å². The molecule has 0 aromatic carbocycles. The van der Waals surface area contributed by atoms with E-state index in [1.165, 1.54) is 12.2 Å². The van der Waals surface area contributed by atoms with Crippen molar-refractivity contribution < 1.29 is 19.2 Å². The Kier molecular flexibility index (Phi) is 9.97. The molecule has 2 atom stereocenters. The van der Waals surface area contributed by atoms with Crippen LogP contribution in [0.25, 0.3) is 0 Å². The summed E-state index contributed by atoms with van der Waals surface area (Å²) in [4.78, 5) is 53.0. The minimum absolute atomic E-state index is 0.00750. The molecule has 1 rings (SSSR count). The highest BCUT2D eigenvalue weighted by Gasteiger charge is 2.41. The second kappa shape index (κ2) is 11.1. The van der Waals surface area contributed by atoms with E-state index in [0.717, 1.165) is 19.3 Å². The van der Waals surface area contributed by atoms with Crippen molar-refractivity contribution in [3.05, 3.63) is 0 Å². The van der Waals surface area contributed by atoms with Crippen LogP contribution in [0.1, 0.15) is 40.0 Å². The monoisotopic (exact) mass is 334 g/mol. The van der Waals surface area contributed by atoms with E-state index in [9.17, 15) is 19.2 Å². The molecule has 0 N–H and O–H groups in total. The summed E-state index contributed by atoms with van der Waals surface area (Å²) in [6, 6.07) is 0.00750. The summed E-state index contributed by atoms with van der Waals surface area (Å²) in [5.41, 5.74) is 0.0561. The van der Waals surface area contributed by atoms with E-state index in [0.29, 0.717) is 6.54 Å². The molecular weight excluding hydrogens is 312 g/mol. The van der Waals surface area contributed by atoms with Crippen LogP contribution in [0.2, 0.25) is 0 Å². The lowest BCUT2D eigenvalue weighted by atomic mass is 9.63. The second-order valence-electron chi connectivity index (χ2n) is 6.79. The van der Waals surface area contributed by atoms with Gasteiger partial charge in [0.2, 0.25) is 24.3 Å². The average molecular weight is 334 g/mol. The minimum Gasteiger partial charge on any atom is -0.211 e. The Morgan fingerprint density at radius 2 is 1.38 bits per heavy atom. The third-order valence-electron chi connectivity index (χ3n) is 3.64. The lowest BCUT2D eigenvalue weighted by Crippen LogP contribution is -2.39. The zero-order valence-corrected chi connectivity index (χ0v) is 14.2. The number of carbonyl (C=O) groups excluding carboxylic acids is 4. The van der Waals surface area contributed by atoms with Crippen LogP contribution in [0.4, 0.5) is 0 Å². The summed E-state index contributed by atoms with van der Waals surface area (Å²) in [5, 5.41) is 0. The first-order chi connectivity index (χ1) is 11.3. The van der Waals surface area contributed by atoms with Crippen LogP contribution >= 0.6 is 0 Å². The maximum absolute atomic E-state index is 10.3. The molecule has 0 heterocycles. The van der Waals surface area contributed by atoms with Gasteiger partial charge < -0.3 is 0 Å². The number of aliphatic imine (C=N–C) groups is 4. The smallest absolute Gasteiger partial charge is 0.211 e. The van der Waals surface area contributed by atoms with Crippen molar-refractivity contribution in [2.24, 2.45) is 30.8 Å². The molecule has 0 saturated heterocycles. The third-order valence-corrected chi connectivity index (χ3v) is 3.64. The zero-order chi connectivity index (χ0) is 18.5. The van der Waals surface area contributed by atoms with Crippen molar-refractivity contribution in [2.45, 2.75) is 46.1 Å². The van der Waals surface area contributed by atoms with Crippen molar-refractivity contribution in [2.75, 3.05) is 19.6 Å². The van der Waals surface area contributed by atoms with Gasteiger partial charge in [-0.3, -0.25) is 0 Å². The highest BCUT2D eigenvalue weighted by Crippen LogP contribution is 2.47. The highest BCUT2D eigenvalue weighted by atomic mass is 16.1. The van der Waals surface area contributed by atoms with E-state index in [-0.39, 0.29) is 30.0 Å². The Bertz CT molecular complexity index is 575. The van der Waals surface area contributed by atoms with Crippen LogP contribution in [0.5, 0.6) is 0 Å². The van der Waals surface area contributed by atoms with Crippen molar-refractivity contribution in [3.63, 3.8) is 0 Å². The predicted octanol–water partition coefficient (Wildman–Crippen LogP) is 1.90. The Hall–Kier alpha value is -2.48. The number of rotatable bonds is 6. The first kappa shape index (κ1) is 21.5. The molecule has 1 fully saturated rings. The van der Waals surface area contributed by atoms with E-state index in [4.69, 9.17) is 0 Å². The van der Waals surface area contributed by atoms with E-state index >= 15 is 0 Å². The molecule has 2 unspecified atom stereocenters.